The van der Waals surface area contributed by atoms with Crippen LogP contribution < -0.4 is 5.73 Å². The zero-order chi connectivity index (χ0) is 11.1. The molecule has 0 aromatic rings. The Morgan fingerprint density at radius 1 is 1.14 bits per heavy atom. The fourth-order valence-corrected chi connectivity index (χ4v) is 1.57. The van der Waals surface area contributed by atoms with Crippen molar-refractivity contribution in [2.75, 3.05) is 0 Å². The van der Waals surface area contributed by atoms with Crippen LogP contribution in [0, 0.1) is 11.8 Å². The summed E-state index contributed by atoms with van der Waals surface area (Å²) in [6.07, 6.45) is 3.80. The molecular weight excluding hydrogens is 174 g/mol. The molecule has 0 aromatic heterocycles. The standard InChI is InChI=1S/C12H25NO/c1-5-9(4)12(13)11(14)8-10(6-2)7-3/h9-10,12H,5-8,13H2,1-4H3. The molecule has 2 nitrogen and oxygen atoms in total. The summed E-state index contributed by atoms with van der Waals surface area (Å²) in [7, 11) is 0. The second-order valence-corrected chi connectivity index (χ2v) is 4.26. The van der Waals surface area contributed by atoms with Crippen LogP contribution >= 0.6 is 0 Å². The second kappa shape index (κ2) is 6.99. The Balaban J connectivity index is 4.06. The summed E-state index contributed by atoms with van der Waals surface area (Å²) in [5, 5.41) is 0. The molecule has 2 unspecified atom stereocenters. The summed E-state index contributed by atoms with van der Waals surface area (Å²) in [4.78, 5) is 11.7. The van der Waals surface area contributed by atoms with Gasteiger partial charge in [-0.15, -0.1) is 0 Å². The van der Waals surface area contributed by atoms with Gasteiger partial charge in [-0.3, -0.25) is 4.79 Å². The molecule has 2 heteroatoms. The third-order valence-corrected chi connectivity index (χ3v) is 3.27. The normalized spacial score (nSPS) is 15.6. The van der Waals surface area contributed by atoms with Gasteiger partial charge < -0.3 is 5.73 Å². The molecule has 2 N–H and O–H groups in total. The zero-order valence-electron chi connectivity index (χ0n) is 10.0. The Hall–Kier alpha value is -0.370. The van der Waals surface area contributed by atoms with Gasteiger partial charge >= 0.3 is 0 Å². The van der Waals surface area contributed by atoms with Gasteiger partial charge in [0.05, 0.1) is 6.04 Å². The van der Waals surface area contributed by atoms with Crippen LogP contribution in [0.1, 0.15) is 53.4 Å². The highest BCUT2D eigenvalue weighted by molar-refractivity contribution is 5.84. The maximum Gasteiger partial charge on any atom is 0.150 e. The molecule has 0 aliphatic carbocycles. The van der Waals surface area contributed by atoms with Gasteiger partial charge in [-0.2, -0.15) is 0 Å². The van der Waals surface area contributed by atoms with Gasteiger partial charge in [-0.1, -0.05) is 47.0 Å². The van der Waals surface area contributed by atoms with E-state index in [0.29, 0.717) is 18.3 Å². The molecule has 14 heavy (non-hydrogen) atoms. The first-order valence-electron chi connectivity index (χ1n) is 5.84. The van der Waals surface area contributed by atoms with Crippen molar-refractivity contribution in [1.82, 2.24) is 0 Å². The predicted molar refractivity (Wildman–Crippen MR) is 61.1 cm³/mol. The van der Waals surface area contributed by atoms with Gasteiger partial charge in [-0.25, -0.2) is 0 Å². The van der Waals surface area contributed by atoms with Crippen LogP contribution in [0.3, 0.4) is 0 Å². The van der Waals surface area contributed by atoms with E-state index in [1.165, 1.54) is 0 Å². The van der Waals surface area contributed by atoms with E-state index in [4.69, 9.17) is 5.73 Å². The molecule has 0 bridgehead atoms. The highest BCUT2D eigenvalue weighted by Gasteiger charge is 2.21. The maximum atomic E-state index is 11.7. The smallest absolute Gasteiger partial charge is 0.150 e. The van der Waals surface area contributed by atoms with Crippen LogP contribution in [0.25, 0.3) is 0 Å². The number of carbonyl (C=O) groups is 1. The van der Waals surface area contributed by atoms with Crippen molar-refractivity contribution < 1.29 is 4.79 Å². The number of Topliss-reactive ketones (excluding diaryl/α,β-unsaturated/α-hetero) is 1. The molecule has 0 saturated carbocycles. The molecule has 0 spiro atoms. The molecule has 0 aliphatic heterocycles. The third kappa shape index (κ3) is 4.23. The number of nitrogens with two attached hydrogens (primary N) is 1. The summed E-state index contributed by atoms with van der Waals surface area (Å²) in [5.74, 6) is 1.09. The monoisotopic (exact) mass is 199 g/mol. The van der Waals surface area contributed by atoms with E-state index in [-0.39, 0.29) is 11.8 Å². The average molecular weight is 199 g/mol. The largest absolute Gasteiger partial charge is 0.321 e. The highest BCUT2D eigenvalue weighted by Crippen LogP contribution is 2.16. The van der Waals surface area contributed by atoms with Gasteiger partial charge in [0, 0.05) is 6.42 Å². The van der Waals surface area contributed by atoms with Gasteiger partial charge in [-0.05, 0) is 11.8 Å². The Labute approximate surface area is 88.3 Å². The van der Waals surface area contributed by atoms with Gasteiger partial charge in [0.15, 0.2) is 0 Å². The maximum absolute atomic E-state index is 11.7. The Morgan fingerprint density at radius 3 is 2.00 bits per heavy atom. The summed E-state index contributed by atoms with van der Waals surface area (Å²) >= 11 is 0. The van der Waals surface area contributed by atoms with E-state index in [0.717, 1.165) is 19.3 Å². The molecule has 0 aliphatic rings. The molecule has 0 fully saturated rings. The lowest BCUT2D eigenvalue weighted by Gasteiger charge is -2.19. The molecule has 0 aromatic carbocycles. The fourth-order valence-electron chi connectivity index (χ4n) is 1.57. The lowest BCUT2D eigenvalue weighted by atomic mass is 9.89. The van der Waals surface area contributed by atoms with Gasteiger partial charge in [0.25, 0.3) is 0 Å². The molecule has 0 saturated heterocycles. The Morgan fingerprint density at radius 2 is 1.64 bits per heavy atom. The van der Waals surface area contributed by atoms with Crippen LogP contribution in [0.5, 0.6) is 0 Å². The zero-order valence-corrected chi connectivity index (χ0v) is 10.0. The minimum absolute atomic E-state index is 0.244. The fraction of sp³-hybridized carbons (Fsp3) is 0.917. The molecule has 0 radical (unpaired) electrons. The highest BCUT2D eigenvalue weighted by atomic mass is 16.1. The second-order valence-electron chi connectivity index (χ2n) is 4.26. The van der Waals surface area contributed by atoms with E-state index in [1.807, 2.05) is 0 Å². The van der Waals surface area contributed by atoms with Crippen molar-refractivity contribution in [2.24, 2.45) is 17.6 Å². The summed E-state index contributed by atoms with van der Waals surface area (Å²) < 4.78 is 0. The predicted octanol–water partition coefficient (Wildman–Crippen LogP) is 2.76. The number of carbonyl (C=O) groups excluding carboxylic acids is 1. The summed E-state index contributed by atoms with van der Waals surface area (Å²) in [6, 6.07) is -0.249. The number of hydrogen-bond donors (Lipinski definition) is 1. The first-order valence-corrected chi connectivity index (χ1v) is 5.84. The van der Waals surface area contributed by atoms with Crippen LogP contribution in [-0.2, 0) is 4.79 Å². The summed E-state index contributed by atoms with van der Waals surface area (Å²) in [5.41, 5.74) is 5.88. The average Bonchev–Trinajstić information content (AvgIpc) is 2.23. The van der Waals surface area contributed by atoms with E-state index in [9.17, 15) is 4.79 Å². The quantitative estimate of drug-likeness (QED) is 0.685. The third-order valence-electron chi connectivity index (χ3n) is 3.27. The van der Waals surface area contributed by atoms with Gasteiger partial charge in [0.1, 0.15) is 5.78 Å². The number of hydrogen-bond acceptors (Lipinski definition) is 2. The topological polar surface area (TPSA) is 43.1 Å². The molecular formula is C12H25NO. The van der Waals surface area contributed by atoms with E-state index < -0.39 is 0 Å². The number of rotatable bonds is 7. The Kier molecular flexibility index (Phi) is 6.81. The van der Waals surface area contributed by atoms with Crippen molar-refractivity contribution in [2.45, 2.75) is 59.4 Å². The lowest BCUT2D eigenvalue weighted by molar-refractivity contribution is -0.122. The minimum atomic E-state index is -0.249. The Bertz CT molecular complexity index is 164. The van der Waals surface area contributed by atoms with Crippen LogP contribution in [0.2, 0.25) is 0 Å². The SMILES string of the molecule is CCC(CC)CC(=O)C(N)C(C)CC. The molecule has 2 atom stereocenters. The van der Waals surface area contributed by atoms with Crippen LogP contribution in [-0.4, -0.2) is 11.8 Å². The van der Waals surface area contributed by atoms with Crippen molar-refractivity contribution in [3.8, 4) is 0 Å². The van der Waals surface area contributed by atoms with E-state index >= 15 is 0 Å². The van der Waals surface area contributed by atoms with Crippen LogP contribution in [0.15, 0.2) is 0 Å². The van der Waals surface area contributed by atoms with Crippen molar-refractivity contribution in [1.29, 1.82) is 0 Å². The first kappa shape index (κ1) is 13.6. The minimum Gasteiger partial charge on any atom is -0.321 e. The van der Waals surface area contributed by atoms with E-state index in [2.05, 4.69) is 27.7 Å². The summed E-state index contributed by atoms with van der Waals surface area (Å²) in [6.45, 7) is 8.40. The van der Waals surface area contributed by atoms with Crippen molar-refractivity contribution >= 4 is 5.78 Å². The lowest BCUT2D eigenvalue weighted by Crippen LogP contribution is -2.37. The van der Waals surface area contributed by atoms with Crippen molar-refractivity contribution in [3.05, 3.63) is 0 Å². The van der Waals surface area contributed by atoms with Crippen LogP contribution in [0.4, 0.5) is 0 Å². The first-order chi connectivity index (χ1) is 6.56. The molecule has 0 rings (SSSR count). The van der Waals surface area contributed by atoms with Gasteiger partial charge in [0.2, 0.25) is 0 Å². The molecule has 84 valence electrons. The molecule has 0 amide bonds. The van der Waals surface area contributed by atoms with Crippen molar-refractivity contribution in [3.63, 3.8) is 0 Å². The van der Waals surface area contributed by atoms with E-state index in [1.54, 1.807) is 0 Å². The molecule has 0 heterocycles. The number of ketones is 1.